The third-order valence-electron chi connectivity index (χ3n) is 2.75. The maximum atomic E-state index is 11.6. The molecule has 0 aromatic heterocycles. The number of phenolic OH excluding ortho intramolecular Hbond substituents is 1. The molecule has 3 N–H and O–H groups in total. The first-order valence-corrected chi connectivity index (χ1v) is 6.40. The van der Waals surface area contributed by atoms with Crippen molar-refractivity contribution in [3.8, 4) is 5.75 Å². The van der Waals surface area contributed by atoms with Crippen molar-refractivity contribution in [1.82, 2.24) is 0 Å². The smallest absolute Gasteiger partial charge is 0.338 e. The number of hydrogen-bond acceptors (Lipinski definition) is 4. The van der Waals surface area contributed by atoms with Crippen LogP contribution < -0.4 is 5.73 Å². The van der Waals surface area contributed by atoms with Gasteiger partial charge in [-0.3, -0.25) is 0 Å². The Kier molecular flexibility index (Phi) is 6.05. The van der Waals surface area contributed by atoms with Crippen molar-refractivity contribution in [2.75, 3.05) is 12.3 Å². The zero-order chi connectivity index (χ0) is 13.4. The van der Waals surface area contributed by atoms with Gasteiger partial charge in [-0.25, -0.2) is 4.79 Å². The summed E-state index contributed by atoms with van der Waals surface area (Å²) in [6.45, 7) is 2.58. The Hall–Kier alpha value is -1.71. The highest BCUT2D eigenvalue weighted by Crippen LogP contribution is 2.21. The lowest BCUT2D eigenvalue weighted by Crippen LogP contribution is -2.06. The molecule has 18 heavy (non-hydrogen) atoms. The van der Waals surface area contributed by atoms with E-state index in [0.717, 1.165) is 12.8 Å². The van der Waals surface area contributed by atoms with Gasteiger partial charge in [-0.05, 0) is 24.6 Å². The quantitative estimate of drug-likeness (QED) is 0.338. The largest absolute Gasteiger partial charge is 0.506 e. The minimum absolute atomic E-state index is 0.0904. The summed E-state index contributed by atoms with van der Waals surface area (Å²) >= 11 is 0. The van der Waals surface area contributed by atoms with Gasteiger partial charge in [0.2, 0.25) is 0 Å². The Morgan fingerprint density at radius 3 is 2.67 bits per heavy atom. The first-order chi connectivity index (χ1) is 8.65. The van der Waals surface area contributed by atoms with Gasteiger partial charge in [-0.1, -0.05) is 32.6 Å². The normalized spacial score (nSPS) is 10.3. The van der Waals surface area contributed by atoms with E-state index in [1.807, 2.05) is 0 Å². The number of esters is 1. The first kappa shape index (κ1) is 14.4. The van der Waals surface area contributed by atoms with Gasteiger partial charge in [-0.2, -0.15) is 0 Å². The lowest BCUT2D eigenvalue weighted by molar-refractivity contribution is 0.0497. The van der Waals surface area contributed by atoms with Crippen molar-refractivity contribution in [2.45, 2.75) is 39.0 Å². The maximum absolute atomic E-state index is 11.6. The van der Waals surface area contributed by atoms with Crippen molar-refractivity contribution in [1.29, 1.82) is 0 Å². The minimum atomic E-state index is -0.416. The number of carbonyl (C=O) groups excluding carboxylic acids is 1. The van der Waals surface area contributed by atoms with Gasteiger partial charge in [0.15, 0.2) is 0 Å². The van der Waals surface area contributed by atoms with Crippen LogP contribution in [0.2, 0.25) is 0 Å². The monoisotopic (exact) mass is 251 g/mol. The fraction of sp³-hybridized carbons (Fsp3) is 0.500. The number of ether oxygens (including phenoxy) is 1. The number of hydrogen-bond donors (Lipinski definition) is 2. The number of aromatic hydroxyl groups is 1. The molecule has 0 unspecified atom stereocenters. The Morgan fingerprint density at radius 1 is 1.28 bits per heavy atom. The van der Waals surface area contributed by atoms with E-state index < -0.39 is 5.97 Å². The molecule has 0 fully saturated rings. The van der Waals surface area contributed by atoms with Gasteiger partial charge in [0.1, 0.15) is 5.75 Å². The molecule has 0 saturated carbocycles. The Balaban J connectivity index is 2.30. The highest BCUT2D eigenvalue weighted by molar-refractivity contribution is 5.90. The average Bonchev–Trinajstić information content (AvgIpc) is 2.36. The fourth-order valence-corrected chi connectivity index (χ4v) is 1.62. The molecule has 0 heterocycles. The van der Waals surface area contributed by atoms with Crippen molar-refractivity contribution in [2.24, 2.45) is 0 Å². The molecule has 0 saturated heterocycles. The number of anilines is 1. The van der Waals surface area contributed by atoms with Crippen LogP contribution in [-0.4, -0.2) is 17.7 Å². The Bertz CT molecular complexity index is 391. The SMILES string of the molecule is CCCCCCCOC(=O)c1ccc(N)c(O)c1. The fourth-order valence-electron chi connectivity index (χ4n) is 1.62. The molecule has 100 valence electrons. The molecule has 0 spiro atoms. The zero-order valence-corrected chi connectivity index (χ0v) is 10.8. The number of nitrogens with two attached hydrogens (primary N) is 1. The summed E-state index contributed by atoms with van der Waals surface area (Å²) in [5.74, 6) is -0.506. The predicted molar refractivity (Wildman–Crippen MR) is 71.6 cm³/mol. The number of nitrogen functional groups attached to an aromatic ring is 1. The van der Waals surface area contributed by atoms with Crippen LogP contribution in [0.3, 0.4) is 0 Å². The third kappa shape index (κ3) is 4.65. The number of carbonyl (C=O) groups is 1. The standard InChI is InChI=1S/C14H21NO3/c1-2-3-4-5-6-9-18-14(17)11-7-8-12(15)13(16)10-11/h7-8,10,16H,2-6,9,15H2,1H3. The van der Waals surface area contributed by atoms with Gasteiger partial charge < -0.3 is 15.6 Å². The molecule has 4 heteroatoms. The summed E-state index contributed by atoms with van der Waals surface area (Å²) < 4.78 is 5.11. The molecular weight excluding hydrogens is 230 g/mol. The van der Waals surface area contributed by atoms with E-state index in [0.29, 0.717) is 12.2 Å². The minimum Gasteiger partial charge on any atom is -0.506 e. The number of phenols is 1. The zero-order valence-electron chi connectivity index (χ0n) is 10.8. The summed E-state index contributed by atoms with van der Waals surface area (Å²) in [6, 6.07) is 4.37. The van der Waals surface area contributed by atoms with Crippen molar-refractivity contribution in [3.05, 3.63) is 23.8 Å². The van der Waals surface area contributed by atoms with Crippen molar-refractivity contribution >= 4 is 11.7 Å². The summed E-state index contributed by atoms with van der Waals surface area (Å²) in [4.78, 5) is 11.6. The van der Waals surface area contributed by atoms with Gasteiger partial charge in [-0.15, -0.1) is 0 Å². The highest BCUT2D eigenvalue weighted by Gasteiger charge is 2.08. The van der Waals surface area contributed by atoms with Crippen molar-refractivity contribution < 1.29 is 14.6 Å². The van der Waals surface area contributed by atoms with Gasteiger partial charge in [0.05, 0.1) is 17.9 Å². The van der Waals surface area contributed by atoms with E-state index in [9.17, 15) is 9.90 Å². The summed E-state index contributed by atoms with van der Waals surface area (Å²) in [7, 11) is 0. The molecule has 0 amide bonds. The molecular formula is C14H21NO3. The van der Waals surface area contributed by atoms with Gasteiger partial charge in [0, 0.05) is 0 Å². The summed E-state index contributed by atoms with van der Waals surface area (Å²) in [5.41, 5.74) is 6.04. The van der Waals surface area contributed by atoms with Gasteiger partial charge >= 0.3 is 5.97 Å². The number of unbranched alkanes of at least 4 members (excludes halogenated alkanes) is 4. The van der Waals surface area contributed by atoms with Crippen LogP contribution >= 0.6 is 0 Å². The van der Waals surface area contributed by atoms with Crippen LogP contribution in [0.25, 0.3) is 0 Å². The summed E-state index contributed by atoms with van der Waals surface area (Å²) in [6.07, 6.45) is 5.56. The predicted octanol–water partition coefficient (Wildman–Crippen LogP) is 3.10. The lowest BCUT2D eigenvalue weighted by atomic mass is 10.1. The van der Waals surface area contributed by atoms with Crippen LogP contribution in [-0.2, 0) is 4.74 Å². The van der Waals surface area contributed by atoms with Crippen LogP contribution in [0.1, 0.15) is 49.4 Å². The highest BCUT2D eigenvalue weighted by atomic mass is 16.5. The van der Waals surface area contributed by atoms with E-state index in [1.54, 1.807) is 6.07 Å². The molecule has 0 aliphatic carbocycles. The molecule has 0 atom stereocenters. The average molecular weight is 251 g/mol. The van der Waals surface area contributed by atoms with E-state index in [2.05, 4.69) is 6.92 Å². The first-order valence-electron chi connectivity index (χ1n) is 6.40. The van der Waals surface area contributed by atoms with E-state index in [-0.39, 0.29) is 11.4 Å². The van der Waals surface area contributed by atoms with Crippen LogP contribution in [0.15, 0.2) is 18.2 Å². The summed E-state index contributed by atoms with van der Waals surface area (Å²) in [5, 5.41) is 9.38. The number of rotatable bonds is 7. The molecule has 4 nitrogen and oxygen atoms in total. The second-order valence-corrected chi connectivity index (χ2v) is 4.32. The van der Waals surface area contributed by atoms with Crippen LogP contribution in [0.5, 0.6) is 5.75 Å². The maximum Gasteiger partial charge on any atom is 0.338 e. The third-order valence-corrected chi connectivity index (χ3v) is 2.75. The lowest BCUT2D eigenvalue weighted by Gasteiger charge is -2.06. The second kappa shape index (κ2) is 7.58. The van der Waals surface area contributed by atoms with Crippen LogP contribution in [0.4, 0.5) is 5.69 Å². The molecule has 1 rings (SSSR count). The number of benzene rings is 1. The molecule has 0 aliphatic rings. The Labute approximate surface area is 108 Å². The van der Waals surface area contributed by atoms with E-state index in [1.165, 1.54) is 31.4 Å². The molecule has 0 bridgehead atoms. The molecule has 0 aliphatic heterocycles. The van der Waals surface area contributed by atoms with Crippen LogP contribution in [0, 0.1) is 0 Å². The Morgan fingerprint density at radius 2 is 2.00 bits per heavy atom. The molecule has 0 radical (unpaired) electrons. The van der Waals surface area contributed by atoms with E-state index in [4.69, 9.17) is 10.5 Å². The van der Waals surface area contributed by atoms with Crippen molar-refractivity contribution in [3.63, 3.8) is 0 Å². The topological polar surface area (TPSA) is 72.5 Å². The molecule has 1 aromatic rings. The molecule has 1 aromatic carbocycles. The van der Waals surface area contributed by atoms with E-state index >= 15 is 0 Å². The van der Waals surface area contributed by atoms with Gasteiger partial charge in [0.25, 0.3) is 0 Å². The second-order valence-electron chi connectivity index (χ2n) is 4.32.